The summed E-state index contributed by atoms with van der Waals surface area (Å²) in [5.74, 6) is 4.38. The van der Waals surface area contributed by atoms with Crippen LogP contribution >= 0.6 is 0 Å². The molecule has 0 radical (unpaired) electrons. The van der Waals surface area contributed by atoms with Gasteiger partial charge in [0, 0.05) is 0 Å². The molecule has 1 nitrogen and oxygen atoms in total. The molecular weight excluding hydrogens is 352 g/mol. The molecule has 4 rings (SSSR count). The van der Waals surface area contributed by atoms with E-state index in [0.717, 1.165) is 36.5 Å². The molecule has 1 heteroatoms. The summed E-state index contributed by atoms with van der Waals surface area (Å²) in [4.78, 5) is 0. The molecule has 0 aliphatic heterocycles. The Bertz CT molecular complexity index is 712. The van der Waals surface area contributed by atoms with Gasteiger partial charge in [-0.15, -0.1) is 0 Å². The molecule has 0 spiro atoms. The van der Waals surface area contributed by atoms with Crippen molar-refractivity contribution in [2.75, 3.05) is 0 Å². The van der Waals surface area contributed by atoms with Gasteiger partial charge in [0.05, 0.1) is 6.10 Å². The zero-order valence-electron chi connectivity index (χ0n) is 19.7. The number of rotatable bonds is 4. The van der Waals surface area contributed by atoms with E-state index in [9.17, 15) is 5.11 Å². The van der Waals surface area contributed by atoms with E-state index in [1.54, 1.807) is 5.57 Å². The Hall–Kier alpha value is -0.820. The summed E-state index contributed by atoms with van der Waals surface area (Å²) in [5, 5.41) is 10.2. The highest BCUT2D eigenvalue weighted by Gasteiger charge is 2.56. The zero-order chi connectivity index (χ0) is 21.0. The third-order valence-corrected chi connectivity index (χ3v) is 10.0. The molecule has 0 bridgehead atoms. The largest absolute Gasteiger partial charge is 0.393 e. The van der Waals surface area contributed by atoms with E-state index >= 15 is 0 Å². The second-order valence-corrected chi connectivity index (χ2v) is 11.9. The van der Waals surface area contributed by atoms with Crippen LogP contribution < -0.4 is 0 Å². The van der Waals surface area contributed by atoms with Crippen molar-refractivity contribution in [3.05, 3.63) is 35.5 Å². The second-order valence-electron chi connectivity index (χ2n) is 11.9. The number of aliphatic hydroxyl groups is 1. The average Bonchev–Trinajstić information content (AvgIpc) is 3.03. The minimum Gasteiger partial charge on any atom is -0.393 e. The minimum absolute atomic E-state index is 0.116. The van der Waals surface area contributed by atoms with E-state index in [2.05, 4.69) is 65.8 Å². The third-order valence-electron chi connectivity index (χ3n) is 10.0. The lowest BCUT2D eigenvalue weighted by Gasteiger charge is -2.55. The van der Waals surface area contributed by atoms with Gasteiger partial charge in [0.2, 0.25) is 0 Å². The topological polar surface area (TPSA) is 20.2 Å². The van der Waals surface area contributed by atoms with Crippen LogP contribution in [0.2, 0.25) is 0 Å². The first-order chi connectivity index (χ1) is 13.7. The number of aliphatic hydroxyl groups excluding tert-OH is 1. The van der Waals surface area contributed by atoms with Crippen molar-refractivity contribution in [3.63, 3.8) is 0 Å². The zero-order valence-corrected chi connectivity index (χ0v) is 19.7. The maximum atomic E-state index is 10.2. The standard InChI is InChI=1S/C28H44O/c1-18(2)19(3)7-8-20(4)24-11-12-25-23-10-9-21-17-22(29)13-15-27(21,5)26(23)14-16-28(24,25)6/h7-10,18-20,22,24-26,29H,11-17H2,1-6H3/b8-7+/t19-,20-,22?,24?,25+,26+,27?,28?/m1/s1. The van der Waals surface area contributed by atoms with Crippen molar-refractivity contribution in [3.8, 4) is 0 Å². The average molecular weight is 397 g/mol. The summed E-state index contributed by atoms with van der Waals surface area (Å²) in [5.41, 5.74) is 4.07. The molecule has 29 heavy (non-hydrogen) atoms. The molecule has 1 N–H and O–H groups in total. The quantitative estimate of drug-likeness (QED) is 0.493. The Morgan fingerprint density at radius 3 is 2.41 bits per heavy atom. The van der Waals surface area contributed by atoms with Crippen LogP contribution in [0.25, 0.3) is 0 Å². The van der Waals surface area contributed by atoms with E-state index in [0.29, 0.717) is 22.7 Å². The van der Waals surface area contributed by atoms with Crippen molar-refractivity contribution in [1.82, 2.24) is 0 Å². The number of allylic oxidation sites excluding steroid dienone is 5. The summed E-state index contributed by atoms with van der Waals surface area (Å²) in [7, 11) is 0. The first-order valence-corrected chi connectivity index (χ1v) is 12.4. The molecule has 4 aliphatic rings. The first-order valence-electron chi connectivity index (χ1n) is 12.4. The van der Waals surface area contributed by atoms with E-state index in [1.807, 2.05) is 0 Å². The molecule has 162 valence electrons. The highest BCUT2D eigenvalue weighted by atomic mass is 16.3. The Morgan fingerprint density at radius 2 is 1.69 bits per heavy atom. The van der Waals surface area contributed by atoms with Crippen molar-refractivity contribution >= 4 is 0 Å². The maximum absolute atomic E-state index is 10.2. The fourth-order valence-electron chi connectivity index (χ4n) is 7.59. The minimum atomic E-state index is -0.116. The van der Waals surface area contributed by atoms with Crippen molar-refractivity contribution < 1.29 is 5.11 Å². The van der Waals surface area contributed by atoms with Gasteiger partial charge < -0.3 is 5.11 Å². The van der Waals surface area contributed by atoms with Crippen molar-refractivity contribution in [1.29, 1.82) is 0 Å². The first kappa shape index (κ1) is 21.4. The molecular formula is C28H44O. The van der Waals surface area contributed by atoms with Gasteiger partial charge in [0.1, 0.15) is 0 Å². The van der Waals surface area contributed by atoms with Crippen LogP contribution in [0.1, 0.15) is 86.5 Å². The summed E-state index contributed by atoms with van der Waals surface area (Å²) in [6.07, 6.45) is 18.4. The predicted octanol–water partition coefficient (Wildman–Crippen LogP) is 7.33. The van der Waals surface area contributed by atoms with Gasteiger partial charge in [-0.3, -0.25) is 0 Å². The Kier molecular flexibility index (Phi) is 5.69. The van der Waals surface area contributed by atoms with E-state index < -0.39 is 0 Å². The highest BCUT2D eigenvalue weighted by Crippen LogP contribution is 2.65. The molecule has 4 aliphatic carbocycles. The Morgan fingerprint density at radius 1 is 0.931 bits per heavy atom. The third kappa shape index (κ3) is 3.50. The van der Waals surface area contributed by atoms with Crippen LogP contribution in [0.15, 0.2) is 35.5 Å². The molecule has 8 atom stereocenters. The van der Waals surface area contributed by atoms with Gasteiger partial charge in [-0.1, -0.05) is 77.0 Å². The van der Waals surface area contributed by atoms with Gasteiger partial charge in [-0.05, 0) is 91.3 Å². The highest BCUT2D eigenvalue weighted by molar-refractivity contribution is 5.39. The van der Waals surface area contributed by atoms with Crippen LogP contribution in [0, 0.1) is 46.3 Å². The molecule has 0 aromatic rings. The van der Waals surface area contributed by atoms with E-state index in [1.165, 1.54) is 37.7 Å². The van der Waals surface area contributed by atoms with Crippen molar-refractivity contribution in [2.45, 2.75) is 92.6 Å². The molecule has 0 aromatic carbocycles. The fraction of sp³-hybridized carbons (Fsp3) is 0.786. The van der Waals surface area contributed by atoms with Gasteiger partial charge in [0.25, 0.3) is 0 Å². The monoisotopic (exact) mass is 396 g/mol. The summed E-state index contributed by atoms with van der Waals surface area (Å²) < 4.78 is 0. The number of hydrogen-bond acceptors (Lipinski definition) is 1. The lowest BCUT2D eigenvalue weighted by molar-refractivity contribution is 0.0382. The fourth-order valence-corrected chi connectivity index (χ4v) is 7.59. The summed E-state index contributed by atoms with van der Waals surface area (Å²) in [6.45, 7) is 14.6. The summed E-state index contributed by atoms with van der Waals surface area (Å²) >= 11 is 0. The summed E-state index contributed by atoms with van der Waals surface area (Å²) in [6, 6.07) is 0. The van der Waals surface area contributed by atoms with Crippen LogP contribution in [-0.2, 0) is 0 Å². The molecule has 3 saturated carbocycles. The maximum Gasteiger partial charge on any atom is 0.0578 e. The van der Waals surface area contributed by atoms with Gasteiger partial charge in [0.15, 0.2) is 0 Å². The van der Waals surface area contributed by atoms with Crippen LogP contribution in [0.3, 0.4) is 0 Å². The number of hydrogen-bond donors (Lipinski definition) is 1. The van der Waals surface area contributed by atoms with Gasteiger partial charge in [-0.25, -0.2) is 0 Å². The van der Waals surface area contributed by atoms with Crippen LogP contribution in [0.4, 0.5) is 0 Å². The SMILES string of the molecule is CC(C)[C@H](C)/C=C/[C@@H](C)C1CC[C@H]2C3=CC=C4CC(O)CCC4(C)[C@H]3CCC12C. The van der Waals surface area contributed by atoms with Gasteiger partial charge in [-0.2, -0.15) is 0 Å². The Labute approximate surface area is 179 Å². The molecule has 0 heterocycles. The number of fused-ring (bicyclic) bond motifs is 5. The second kappa shape index (κ2) is 7.70. The lowest BCUT2D eigenvalue weighted by Crippen LogP contribution is -2.46. The smallest absolute Gasteiger partial charge is 0.0578 e. The predicted molar refractivity (Wildman–Crippen MR) is 123 cm³/mol. The normalized spacial score (nSPS) is 44.0. The molecule has 0 aromatic heterocycles. The Balaban J connectivity index is 1.57. The van der Waals surface area contributed by atoms with Gasteiger partial charge >= 0.3 is 0 Å². The molecule has 4 unspecified atom stereocenters. The molecule has 0 saturated heterocycles. The van der Waals surface area contributed by atoms with Crippen LogP contribution in [0.5, 0.6) is 0 Å². The van der Waals surface area contributed by atoms with Crippen molar-refractivity contribution in [2.24, 2.45) is 46.3 Å². The van der Waals surface area contributed by atoms with E-state index in [4.69, 9.17) is 0 Å². The molecule has 3 fully saturated rings. The lowest BCUT2D eigenvalue weighted by atomic mass is 9.50. The molecule has 0 amide bonds. The van der Waals surface area contributed by atoms with E-state index in [-0.39, 0.29) is 6.10 Å². The van der Waals surface area contributed by atoms with Crippen LogP contribution in [-0.4, -0.2) is 11.2 Å².